The fraction of sp³-hybridized carbons (Fsp3) is 0.241. The van der Waals surface area contributed by atoms with E-state index in [-0.39, 0.29) is 18.0 Å². The van der Waals surface area contributed by atoms with Gasteiger partial charge in [-0.25, -0.2) is 4.79 Å². The van der Waals surface area contributed by atoms with Crippen LogP contribution < -0.4 is 21.1 Å². The normalized spacial score (nSPS) is 12.1. The van der Waals surface area contributed by atoms with Crippen LogP contribution in [0.4, 0.5) is 5.69 Å². The molecule has 9 nitrogen and oxygen atoms in total. The number of anilines is 1. The Kier molecular flexibility index (Phi) is 9.59. The first-order valence-corrected chi connectivity index (χ1v) is 12.3. The zero-order valence-corrected chi connectivity index (χ0v) is 21.6. The summed E-state index contributed by atoms with van der Waals surface area (Å²) in [5, 5.41) is 13.2. The quantitative estimate of drug-likeness (QED) is 0.130. The van der Waals surface area contributed by atoms with E-state index in [4.69, 9.17) is 20.6 Å². The fourth-order valence-corrected chi connectivity index (χ4v) is 3.86. The van der Waals surface area contributed by atoms with Crippen molar-refractivity contribution in [2.24, 2.45) is 5.73 Å². The second kappa shape index (κ2) is 13.0. The summed E-state index contributed by atoms with van der Waals surface area (Å²) < 4.78 is 10.7. The highest BCUT2D eigenvalue weighted by atomic mass is 16.5. The summed E-state index contributed by atoms with van der Waals surface area (Å²) in [6.07, 6.45) is 0. The minimum absolute atomic E-state index is 0.0844. The number of amidine groups is 1. The highest BCUT2D eigenvalue weighted by Crippen LogP contribution is 2.26. The van der Waals surface area contributed by atoms with Crippen molar-refractivity contribution in [2.45, 2.75) is 32.7 Å². The zero-order chi connectivity index (χ0) is 27.7. The van der Waals surface area contributed by atoms with Gasteiger partial charge in [0.15, 0.2) is 0 Å². The topological polar surface area (TPSA) is 144 Å². The SMILES string of the molecule is CCOC(=O)c1cc(C(C)NC(=O)C(C(=O)Nc2ccc(C(=N)N)cc2)c2ccccc2)ccc1OCC. The number of hydrogen-bond acceptors (Lipinski definition) is 6. The molecular formula is C29H32N4O5. The van der Waals surface area contributed by atoms with Crippen LogP contribution in [-0.2, 0) is 14.3 Å². The molecule has 9 heteroatoms. The van der Waals surface area contributed by atoms with Crippen LogP contribution in [0.1, 0.15) is 59.8 Å². The molecule has 38 heavy (non-hydrogen) atoms. The molecule has 2 unspecified atom stereocenters. The molecule has 0 bridgehead atoms. The third-order valence-electron chi connectivity index (χ3n) is 5.78. The Hall–Kier alpha value is -4.66. The molecule has 3 aromatic rings. The van der Waals surface area contributed by atoms with Crippen molar-refractivity contribution in [3.63, 3.8) is 0 Å². The Bertz CT molecular complexity index is 1290. The van der Waals surface area contributed by atoms with Crippen molar-refractivity contribution < 1.29 is 23.9 Å². The molecule has 0 aliphatic carbocycles. The average Bonchev–Trinajstić information content (AvgIpc) is 2.90. The number of amides is 2. The second-order valence-corrected chi connectivity index (χ2v) is 8.46. The van der Waals surface area contributed by atoms with Crippen LogP contribution in [0, 0.1) is 5.41 Å². The predicted molar refractivity (Wildman–Crippen MR) is 145 cm³/mol. The molecular weight excluding hydrogens is 484 g/mol. The molecule has 0 aliphatic rings. The van der Waals surface area contributed by atoms with Gasteiger partial charge >= 0.3 is 5.97 Å². The molecule has 2 atom stereocenters. The molecule has 0 spiro atoms. The Morgan fingerprint density at radius 3 is 2.18 bits per heavy atom. The fourth-order valence-electron chi connectivity index (χ4n) is 3.86. The minimum Gasteiger partial charge on any atom is -0.493 e. The second-order valence-electron chi connectivity index (χ2n) is 8.46. The number of nitrogens with one attached hydrogen (secondary N) is 3. The molecule has 0 aromatic heterocycles. The van der Waals surface area contributed by atoms with E-state index in [0.29, 0.717) is 34.7 Å². The number of ether oxygens (including phenoxy) is 2. The standard InChI is InChI=1S/C29H32N4O5/c1-4-37-24-16-13-21(17-23(24)29(36)38-5-2)18(3)32-27(34)25(19-9-7-6-8-10-19)28(35)33-22-14-11-20(12-15-22)26(30)31/h6-18,25H,4-5H2,1-3H3,(H3,30,31)(H,32,34)(H,33,35). The van der Waals surface area contributed by atoms with Crippen LogP contribution in [0.15, 0.2) is 72.8 Å². The molecule has 3 rings (SSSR count). The Morgan fingerprint density at radius 2 is 1.58 bits per heavy atom. The third kappa shape index (κ3) is 6.97. The molecule has 3 aromatic carbocycles. The van der Waals surface area contributed by atoms with E-state index in [9.17, 15) is 14.4 Å². The molecule has 0 saturated carbocycles. The van der Waals surface area contributed by atoms with Crippen molar-refractivity contribution >= 4 is 29.3 Å². The summed E-state index contributed by atoms with van der Waals surface area (Å²) >= 11 is 0. The van der Waals surface area contributed by atoms with Gasteiger partial charge in [-0.05, 0) is 68.3 Å². The maximum atomic E-state index is 13.5. The van der Waals surface area contributed by atoms with Crippen LogP contribution >= 0.6 is 0 Å². The van der Waals surface area contributed by atoms with E-state index in [1.54, 1.807) is 86.6 Å². The van der Waals surface area contributed by atoms with E-state index in [1.807, 2.05) is 6.92 Å². The predicted octanol–water partition coefficient (Wildman–Crippen LogP) is 4.15. The van der Waals surface area contributed by atoms with E-state index < -0.39 is 29.7 Å². The highest BCUT2D eigenvalue weighted by Gasteiger charge is 2.30. The van der Waals surface area contributed by atoms with Gasteiger partial charge in [0.1, 0.15) is 23.1 Å². The van der Waals surface area contributed by atoms with Gasteiger partial charge in [0.05, 0.1) is 19.3 Å². The molecule has 0 fully saturated rings. The van der Waals surface area contributed by atoms with Gasteiger partial charge < -0.3 is 25.8 Å². The Balaban J connectivity index is 1.84. The summed E-state index contributed by atoms with van der Waals surface area (Å²) in [6.45, 7) is 5.90. The number of rotatable bonds is 11. The van der Waals surface area contributed by atoms with Crippen molar-refractivity contribution in [3.8, 4) is 5.75 Å². The highest BCUT2D eigenvalue weighted by molar-refractivity contribution is 6.11. The number of nitrogens with two attached hydrogens (primary N) is 1. The molecule has 2 amide bonds. The number of benzene rings is 3. The molecule has 198 valence electrons. The summed E-state index contributed by atoms with van der Waals surface area (Å²) in [4.78, 5) is 39.3. The summed E-state index contributed by atoms with van der Waals surface area (Å²) in [5.41, 5.74) is 7.92. The lowest BCUT2D eigenvalue weighted by Gasteiger charge is -2.21. The Labute approximate surface area is 221 Å². The molecule has 0 saturated heterocycles. The molecule has 0 aliphatic heterocycles. The van der Waals surface area contributed by atoms with Gasteiger partial charge in [0.25, 0.3) is 0 Å². The summed E-state index contributed by atoms with van der Waals surface area (Å²) in [6, 6.07) is 19.7. The van der Waals surface area contributed by atoms with E-state index in [1.165, 1.54) is 0 Å². The van der Waals surface area contributed by atoms with Crippen LogP contribution in [0.25, 0.3) is 0 Å². The number of nitrogen functional groups attached to an aromatic ring is 1. The largest absolute Gasteiger partial charge is 0.493 e. The molecule has 5 N–H and O–H groups in total. The zero-order valence-electron chi connectivity index (χ0n) is 21.6. The summed E-state index contributed by atoms with van der Waals surface area (Å²) in [7, 11) is 0. The van der Waals surface area contributed by atoms with Gasteiger partial charge in [0.2, 0.25) is 11.8 Å². The van der Waals surface area contributed by atoms with Crippen molar-refractivity contribution in [2.75, 3.05) is 18.5 Å². The lowest BCUT2D eigenvalue weighted by molar-refractivity contribution is -0.129. The smallest absolute Gasteiger partial charge is 0.341 e. The van der Waals surface area contributed by atoms with Gasteiger partial charge in [-0.1, -0.05) is 36.4 Å². The van der Waals surface area contributed by atoms with Crippen LogP contribution in [0.5, 0.6) is 5.75 Å². The van der Waals surface area contributed by atoms with Crippen LogP contribution in [0.3, 0.4) is 0 Å². The van der Waals surface area contributed by atoms with Crippen molar-refractivity contribution in [1.82, 2.24) is 5.32 Å². The van der Waals surface area contributed by atoms with Crippen LogP contribution in [-0.4, -0.2) is 36.8 Å². The third-order valence-corrected chi connectivity index (χ3v) is 5.78. The number of hydrogen-bond donors (Lipinski definition) is 4. The maximum absolute atomic E-state index is 13.5. The lowest BCUT2D eigenvalue weighted by atomic mass is 9.96. The van der Waals surface area contributed by atoms with Gasteiger partial charge in [-0.2, -0.15) is 0 Å². The molecule has 0 heterocycles. The van der Waals surface area contributed by atoms with Gasteiger partial charge in [-0.3, -0.25) is 15.0 Å². The maximum Gasteiger partial charge on any atom is 0.341 e. The van der Waals surface area contributed by atoms with Crippen LogP contribution in [0.2, 0.25) is 0 Å². The number of carbonyl (C=O) groups is 3. The first-order valence-electron chi connectivity index (χ1n) is 12.3. The van der Waals surface area contributed by atoms with Crippen molar-refractivity contribution in [1.29, 1.82) is 5.41 Å². The average molecular weight is 517 g/mol. The van der Waals surface area contributed by atoms with Crippen molar-refractivity contribution in [3.05, 3.63) is 95.1 Å². The molecule has 0 radical (unpaired) electrons. The van der Waals surface area contributed by atoms with E-state index in [2.05, 4.69) is 10.6 Å². The van der Waals surface area contributed by atoms with E-state index in [0.717, 1.165) is 0 Å². The van der Waals surface area contributed by atoms with Gasteiger partial charge in [-0.15, -0.1) is 0 Å². The lowest BCUT2D eigenvalue weighted by Crippen LogP contribution is -2.38. The minimum atomic E-state index is -1.14. The van der Waals surface area contributed by atoms with E-state index >= 15 is 0 Å². The summed E-state index contributed by atoms with van der Waals surface area (Å²) in [5.74, 6) is -2.38. The Morgan fingerprint density at radius 1 is 0.895 bits per heavy atom. The van der Waals surface area contributed by atoms with Gasteiger partial charge in [0, 0.05) is 11.3 Å². The monoisotopic (exact) mass is 516 g/mol. The number of carbonyl (C=O) groups excluding carboxylic acids is 3. The first kappa shape index (κ1) is 27.9. The number of esters is 1. The first-order chi connectivity index (χ1) is 18.2.